The first-order valence-corrected chi connectivity index (χ1v) is 6.04. The Morgan fingerprint density at radius 2 is 1.94 bits per heavy atom. The Hall–Kier alpha value is -0.770. The summed E-state index contributed by atoms with van der Waals surface area (Å²) in [4.78, 5) is 4.13. The van der Waals surface area contributed by atoms with Gasteiger partial charge in [0.25, 0.3) is 0 Å². The maximum atomic E-state index is 6.04. The van der Waals surface area contributed by atoms with Gasteiger partial charge in [-0.15, -0.1) is 0 Å². The summed E-state index contributed by atoms with van der Waals surface area (Å²) in [5.74, 6) is 0.699. The largest absolute Gasteiger partial charge is 0.339 e. The van der Waals surface area contributed by atoms with E-state index in [1.807, 2.05) is 18.2 Å². The molecule has 0 atom stereocenters. The number of hydrogen-bond acceptors (Lipinski definition) is 2. The number of pyridine rings is 1. The minimum absolute atomic E-state index is 0.603. The highest BCUT2D eigenvalue weighted by atomic mass is 79.9. The fraction of sp³-hybridized carbons (Fsp3) is 0. The number of anilines is 2. The van der Waals surface area contributed by atoms with Gasteiger partial charge in [-0.1, -0.05) is 39.1 Å². The van der Waals surface area contributed by atoms with Gasteiger partial charge < -0.3 is 5.32 Å². The first-order valence-electron chi connectivity index (χ1n) is 4.49. The van der Waals surface area contributed by atoms with Gasteiger partial charge >= 0.3 is 0 Å². The van der Waals surface area contributed by atoms with Gasteiger partial charge in [-0.25, -0.2) is 4.98 Å². The van der Waals surface area contributed by atoms with Gasteiger partial charge in [-0.05, 0) is 30.3 Å². The van der Waals surface area contributed by atoms with Crippen LogP contribution in [0, 0.1) is 0 Å². The second-order valence-electron chi connectivity index (χ2n) is 3.11. The summed E-state index contributed by atoms with van der Waals surface area (Å²) < 4.78 is 0.952. The summed E-state index contributed by atoms with van der Waals surface area (Å²) >= 11 is 15.2. The first kappa shape index (κ1) is 11.7. The van der Waals surface area contributed by atoms with E-state index >= 15 is 0 Å². The molecule has 0 bridgehead atoms. The van der Waals surface area contributed by atoms with Crippen LogP contribution in [-0.2, 0) is 0 Å². The summed E-state index contributed by atoms with van der Waals surface area (Å²) in [6.07, 6.45) is 1.58. The van der Waals surface area contributed by atoms with E-state index in [1.165, 1.54) is 0 Å². The van der Waals surface area contributed by atoms with Gasteiger partial charge in [0.2, 0.25) is 0 Å². The van der Waals surface area contributed by atoms with Crippen molar-refractivity contribution in [3.05, 3.63) is 51.0 Å². The molecule has 1 N–H and O–H groups in total. The Morgan fingerprint density at radius 3 is 2.62 bits per heavy atom. The summed E-state index contributed by atoms with van der Waals surface area (Å²) in [5, 5.41) is 4.35. The Labute approximate surface area is 112 Å². The van der Waals surface area contributed by atoms with E-state index in [1.54, 1.807) is 18.3 Å². The molecule has 0 aliphatic rings. The van der Waals surface area contributed by atoms with Gasteiger partial charge in [-0.3, -0.25) is 0 Å². The van der Waals surface area contributed by atoms with Gasteiger partial charge in [0.1, 0.15) is 5.82 Å². The monoisotopic (exact) mass is 316 g/mol. The van der Waals surface area contributed by atoms with Crippen molar-refractivity contribution in [2.24, 2.45) is 0 Å². The van der Waals surface area contributed by atoms with Gasteiger partial charge in [0, 0.05) is 10.7 Å². The topological polar surface area (TPSA) is 24.9 Å². The van der Waals surface area contributed by atoms with Crippen LogP contribution in [0.4, 0.5) is 11.5 Å². The number of aromatic nitrogens is 1. The van der Waals surface area contributed by atoms with Crippen LogP contribution in [0.5, 0.6) is 0 Å². The molecule has 82 valence electrons. The number of nitrogens with zero attached hydrogens (tertiary/aromatic N) is 1. The zero-order valence-electron chi connectivity index (χ0n) is 8.05. The average molecular weight is 318 g/mol. The fourth-order valence-electron chi connectivity index (χ4n) is 1.18. The van der Waals surface area contributed by atoms with Crippen LogP contribution < -0.4 is 5.32 Å². The molecule has 16 heavy (non-hydrogen) atoms. The third kappa shape index (κ3) is 2.88. The number of hydrogen-bond donors (Lipinski definition) is 1. The molecular weight excluding hydrogens is 311 g/mol. The quantitative estimate of drug-likeness (QED) is 0.852. The standard InChI is InChI=1S/C11H7BrCl2N2/c12-7-1-3-9(14)10(5-7)16-11-4-2-8(13)6-15-11/h1-6H,(H,15,16). The minimum Gasteiger partial charge on any atom is -0.339 e. The van der Waals surface area contributed by atoms with E-state index in [2.05, 4.69) is 26.2 Å². The molecule has 0 amide bonds. The van der Waals surface area contributed by atoms with Crippen LogP contribution in [0.25, 0.3) is 0 Å². The third-order valence-corrected chi connectivity index (χ3v) is 2.96. The van der Waals surface area contributed by atoms with Crippen molar-refractivity contribution in [1.82, 2.24) is 4.98 Å². The van der Waals surface area contributed by atoms with E-state index in [0.29, 0.717) is 15.9 Å². The molecule has 2 aromatic rings. The van der Waals surface area contributed by atoms with Crippen LogP contribution in [0.2, 0.25) is 10.0 Å². The van der Waals surface area contributed by atoms with Crippen LogP contribution in [-0.4, -0.2) is 4.98 Å². The van der Waals surface area contributed by atoms with E-state index in [9.17, 15) is 0 Å². The summed E-state index contributed by atoms with van der Waals surface area (Å²) in [7, 11) is 0. The molecular formula is C11H7BrCl2N2. The molecule has 0 saturated heterocycles. The highest BCUT2D eigenvalue weighted by molar-refractivity contribution is 9.10. The lowest BCUT2D eigenvalue weighted by atomic mass is 10.3. The molecule has 2 nitrogen and oxygen atoms in total. The van der Waals surface area contributed by atoms with Gasteiger partial charge in [-0.2, -0.15) is 0 Å². The number of nitrogens with one attached hydrogen (secondary N) is 1. The van der Waals surface area contributed by atoms with Crippen molar-refractivity contribution in [1.29, 1.82) is 0 Å². The summed E-state index contributed by atoms with van der Waals surface area (Å²) in [6, 6.07) is 9.13. The summed E-state index contributed by atoms with van der Waals surface area (Å²) in [5.41, 5.74) is 0.797. The molecule has 1 aromatic heterocycles. The second-order valence-corrected chi connectivity index (χ2v) is 4.87. The van der Waals surface area contributed by atoms with E-state index in [0.717, 1.165) is 10.2 Å². The lowest BCUT2D eigenvalue weighted by molar-refractivity contribution is 1.31. The van der Waals surface area contributed by atoms with E-state index in [4.69, 9.17) is 23.2 Å². The Kier molecular flexibility index (Phi) is 3.69. The Morgan fingerprint density at radius 1 is 1.12 bits per heavy atom. The molecule has 5 heteroatoms. The maximum Gasteiger partial charge on any atom is 0.130 e. The molecule has 1 aromatic carbocycles. The second kappa shape index (κ2) is 5.04. The number of rotatable bonds is 2. The highest BCUT2D eigenvalue weighted by Crippen LogP contribution is 2.28. The third-order valence-electron chi connectivity index (χ3n) is 1.92. The lowest BCUT2D eigenvalue weighted by Gasteiger charge is -2.07. The van der Waals surface area contributed by atoms with Crippen LogP contribution in [0.1, 0.15) is 0 Å². The molecule has 0 fully saturated rings. The van der Waals surface area contributed by atoms with Crippen molar-refractivity contribution in [2.75, 3.05) is 5.32 Å². The number of halogens is 3. The lowest BCUT2D eigenvalue weighted by Crippen LogP contribution is -1.93. The Balaban J connectivity index is 2.26. The Bertz CT molecular complexity index is 500. The van der Waals surface area contributed by atoms with Crippen molar-refractivity contribution >= 4 is 50.6 Å². The minimum atomic E-state index is 0.603. The number of benzene rings is 1. The van der Waals surface area contributed by atoms with Crippen molar-refractivity contribution < 1.29 is 0 Å². The maximum absolute atomic E-state index is 6.04. The predicted molar refractivity (Wildman–Crippen MR) is 71.7 cm³/mol. The normalized spacial score (nSPS) is 10.2. The fourth-order valence-corrected chi connectivity index (χ4v) is 1.82. The van der Waals surface area contributed by atoms with Crippen LogP contribution in [0.15, 0.2) is 41.0 Å². The molecule has 2 rings (SSSR count). The van der Waals surface area contributed by atoms with Crippen molar-refractivity contribution in [3.63, 3.8) is 0 Å². The molecule has 0 radical (unpaired) electrons. The van der Waals surface area contributed by atoms with E-state index < -0.39 is 0 Å². The SMILES string of the molecule is Clc1ccc(Nc2cc(Br)ccc2Cl)nc1. The zero-order chi connectivity index (χ0) is 11.5. The highest BCUT2D eigenvalue weighted by Gasteiger charge is 2.02. The first-order chi connectivity index (χ1) is 7.65. The molecule has 0 spiro atoms. The molecule has 0 unspecified atom stereocenters. The molecule has 0 saturated carbocycles. The molecule has 1 heterocycles. The van der Waals surface area contributed by atoms with E-state index in [-0.39, 0.29) is 0 Å². The van der Waals surface area contributed by atoms with Crippen molar-refractivity contribution in [2.45, 2.75) is 0 Å². The zero-order valence-corrected chi connectivity index (χ0v) is 11.1. The van der Waals surface area contributed by atoms with Gasteiger partial charge in [0.15, 0.2) is 0 Å². The predicted octanol–water partition coefficient (Wildman–Crippen LogP) is 4.89. The van der Waals surface area contributed by atoms with Crippen LogP contribution >= 0.6 is 39.1 Å². The summed E-state index contributed by atoms with van der Waals surface area (Å²) in [6.45, 7) is 0. The average Bonchev–Trinajstić information content (AvgIpc) is 2.27. The smallest absolute Gasteiger partial charge is 0.130 e. The molecule has 0 aliphatic heterocycles. The van der Waals surface area contributed by atoms with Crippen molar-refractivity contribution in [3.8, 4) is 0 Å². The van der Waals surface area contributed by atoms with Crippen LogP contribution in [0.3, 0.4) is 0 Å². The van der Waals surface area contributed by atoms with Gasteiger partial charge in [0.05, 0.1) is 15.7 Å². The molecule has 0 aliphatic carbocycles.